The lowest BCUT2D eigenvalue weighted by atomic mass is 10.2. The molecule has 0 saturated carbocycles. The minimum atomic E-state index is -0.344. The highest BCUT2D eigenvalue weighted by Gasteiger charge is 2.03. The first-order valence-corrected chi connectivity index (χ1v) is 5.84. The van der Waals surface area contributed by atoms with Gasteiger partial charge in [-0.1, -0.05) is 6.07 Å². The molecule has 0 aliphatic rings. The first-order chi connectivity index (χ1) is 8.06. The average molecular weight is 297 g/mol. The molecule has 1 heterocycles. The minimum absolute atomic E-state index is 0.195. The summed E-state index contributed by atoms with van der Waals surface area (Å²) in [4.78, 5) is 11.5. The summed E-state index contributed by atoms with van der Waals surface area (Å²) < 4.78 is 15.0. The molecule has 0 saturated heterocycles. The first kappa shape index (κ1) is 12.0. The van der Waals surface area contributed by atoms with Crippen LogP contribution in [0.5, 0.6) is 0 Å². The molecule has 0 bridgehead atoms. The molecular formula is C12H10BrFN2O. The fourth-order valence-corrected chi connectivity index (χ4v) is 1.72. The summed E-state index contributed by atoms with van der Waals surface area (Å²) >= 11 is 3.08. The Morgan fingerprint density at radius 2 is 2.12 bits per heavy atom. The van der Waals surface area contributed by atoms with Crippen molar-refractivity contribution >= 4 is 15.9 Å². The fraction of sp³-hybridized carbons (Fsp3) is 0.167. The van der Waals surface area contributed by atoms with Crippen molar-refractivity contribution in [3.8, 4) is 0 Å². The highest BCUT2D eigenvalue weighted by atomic mass is 79.9. The van der Waals surface area contributed by atoms with Crippen LogP contribution in [0.4, 0.5) is 4.39 Å². The number of aryl methyl sites for hydroxylation is 1. The van der Waals surface area contributed by atoms with Crippen molar-refractivity contribution < 1.29 is 4.39 Å². The van der Waals surface area contributed by atoms with E-state index < -0.39 is 0 Å². The second kappa shape index (κ2) is 4.79. The fourth-order valence-electron chi connectivity index (χ4n) is 1.48. The van der Waals surface area contributed by atoms with E-state index in [1.54, 1.807) is 25.1 Å². The molecule has 0 atom stereocenters. The van der Waals surface area contributed by atoms with E-state index >= 15 is 0 Å². The molecule has 0 radical (unpaired) electrons. The summed E-state index contributed by atoms with van der Waals surface area (Å²) in [5, 5.41) is 4.09. The van der Waals surface area contributed by atoms with Gasteiger partial charge in [0.15, 0.2) is 0 Å². The largest absolute Gasteiger partial charge is 0.268 e. The third-order valence-electron chi connectivity index (χ3n) is 2.32. The molecule has 1 aromatic heterocycles. The van der Waals surface area contributed by atoms with Crippen LogP contribution in [0.1, 0.15) is 11.3 Å². The molecule has 5 heteroatoms. The lowest BCUT2D eigenvalue weighted by Gasteiger charge is -2.05. The van der Waals surface area contributed by atoms with Crippen LogP contribution in [-0.2, 0) is 6.54 Å². The van der Waals surface area contributed by atoms with E-state index in [1.807, 2.05) is 0 Å². The predicted octanol–water partition coefficient (Wildman–Crippen LogP) is 2.50. The standard InChI is InChI=1S/C12H10BrFN2O/c1-8-2-5-12(17)16(15-8)7-9-3-4-10(13)11(14)6-9/h2-6H,7H2,1H3. The Bertz CT molecular complexity index is 610. The summed E-state index contributed by atoms with van der Waals surface area (Å²) in [6.07, 6.45) is 0. The van der Waals surface area contributed by atoms with E-state index in [0.717, 1.165) is 5.69 Å². The molecule has 0 spiro atoms. The van der Waals surface area contributed by atoms with Crippen LogP contribution in [0, 0.1) is 12.7 Å². The second-order valence-electron chi connectivity index (χ2n) is 3.72. The maximum atomic E-state index is 13.3. The zero-order valence-corrected chi connectivity index (χ0v) is 10.7. The third kappa shape index (κ3) is 2.79. The van der Waals surface area contributed by atoms with Gasteiger partial charge in [-0.3, -0.25) is 4.79 Å². The number of nitrogens with zero attached hydrogens (tertiary/aromatic N) is 2. The van der Waals surface area contributed by atoms with Gasteiger partial charge < -0.3 is 0 Å². The van der Waals surface area contributed by atoms with E-state index in [2.05, 4.69) is 21.0 Å². The monoisotopic (exact) mass is 296 g/mol. The predicted molar refractivity (Wildman–Crippen MR) is 66.4 cm³/mol. The summed E-state index contributed by atoms with van der Waals surface area (Å²) in [5.74, 6) is -0.344. The molecule has 2 aromatic rings. The van der Waals surface area contributed by atoms with Crippen LogP contribution < -0.4 is 5.56 Å². The second-order valence-corrected chi connectivity index (χ2v) is 4.57. The Labute approximate surface area is 106 Å². The van der Waals surface area contributed by atoms with Crippen LogP contribution in [0.15, 0.2) is 39.6 Å². The van der Waals surface area contributed by atoms with Gasteiger partial charge in [-0.05, 0) is 46.6 Å². The summed E-state index contributed by atoms with van der Waals surface area (Å²) in [5.41, 5.74) is 1.26. The SMILES string of the molecule is Cc1ccc(=O)n(Cc2ccc(Br)c(F)c2)n1. The lowest BCUT2D eigenvalue weighted by Crippen LogP contribution is -2.23. The van der Waals surface area contributed by atoms with Crippen LogP contribution in [0.2, 0.25) is 0 Å². The van der Waals surface area contributed by atoms with Gasteiger partial charge >= 0.3 is 0 Å². The highest BCUT2D eigenvalue weighted by Crippen LogP contribution is 2.16. The molecular weight excluding hydrogens is 287 g/mol. The van der Waals surface area contributed by atoms with Gasteiger partial charge in [0.1, 0.15) is 5.82 Å². The number of hydrogen-bond donors (Lipinski definition) is 0. The van der Waals surface area contributed by atoms with Crippen LogP contribution >= 0.6 is 15.9 Å². The topological polar surface area (TPSA) is 34.9 Å². The zero-order valence-electron chi connectivity index (χ0n) is 9.15. The smallest absolute Gasteiger partial charge is 0.267 e. The van der Waals surface area contributed by atoms with Crippen molar-refractivity contribution in [1.29, 1.82) is 0 Å². The Balaban J connectivity index is 2.34. The molecule has 2 rings (SSSR count). The van der Waals surface area contributed by atoms with E-state index in [4.69, 9.17) is 0 Å². The van der Waals surface area contributed by atoms with E-state index in [9.17, 15) is 9.18 Å². The van der Waals surface area contributed by atoms with Gasteiger partial charge in [-0.25, -0.2) is 9.07 Å². The van der Waals surface area contributed by atoms with Crippen LogP contribution in [0.25, 0.3) is 0 Å². The summed E-state index contributed by atoms with van der Waals surface area (Å²) in [7, 11) is 0. The van der Waals surface area contributed by atoms with E-state index in [1.165, 1.54) is 16.8 Å². The van der Waals surface area contributed by atoms with Gasteiger partial charge in [0.25, 0.3) is 5.56 Å². The van der Waals surface area contributed by atoms with E-state index in [-0.39, 0.29) is 17.9 Å². The van der Waals surface area contributed by atoms with Gasteiger partial charge in [0.05, 0.1) is 16.7 Å². The number of aromatic nitrogens is 2. The maximum Gasteiger partial charge on any atom is 0.267 e. The minimum Gasteiger partial charge on any atom is -0.268 e. The highest BCUT2D eigenvalue weighted by molar-refractivity contribution is 9.10. The zero-order chi connectivity index (χ0) is 12.4. The molecule has 0 fully saturated rings. The van der Waals surface area contributed by atoms with Gasteiger partial charge in [0, 0.05) is 6.07 Å². The van der Waals surface area contributed by atoms with Gasteiger partial charge in [-0.15, -0.1) is 0 Å². The van der Waals surface area contributed by atoms with Crippen molar-refractivity contribution in [2.24, 2.45) is 0 Å². The molecule has 0 N–H and O–H groups in total. The number of benzene rings is 1. The number of rotatable bonds is 2. The molecule has 0 amide bonds. The number of hydrogen-bond acceptors (Lipinski definition) is 2. The van der Waals surface area contributed by atoms with Gasteiger partial charge in [-0.2, -0.15) is 5.10 Å². The Morgan fingerprint density at radius 1 is 1.35 bits per heavy atom. The molecule has 3 nitrogen and oxygen atoms in total. The van der Waals surface area contributed by atoms with Crippen molar-refractivity contribution in [3.05, 3.63) is 62.2 Å². The molecule has 17 heavy (non-hydrogen) atoms. The Hall–Kier alpha value is -1.49. The molecule has 88 valence electrons. The summed E-state index contributed by atoms with van der Waals surface area (Å²) in [6, 6.07) is 7.87. The molecule has 0 aliphatic carbocycles. The van der Waals surface area contributed by atoms with Crippen LogP contribution in [-0.4, -0.2) is 9.78 Å². The normalized spacial score (nSPS) is 10.5. The van der Waals surface area contributed by atoms with Crippen molar-refractivity contribution in [2.75, 3.05) is 0 Å². The van der Waals surface area contributed by atoms with Crippen molar-refractivity contribution in [3.63, 3.8) is 0 Å². The maximum absolute atomic E-state index is 13.3. The Morgan fingerprint density at radius 3 is 2.82 bits per heavy atom. The van der Waals surface area contributed by atoms with E-state index in [0.29, 0.717) is 10.0 Å². The van der Waals surface area contributed by atoms with Crippen LogP contribution in [0.3, 0.4) is 0 Å². The first-order valence-electron chi connectivity index (χ1n) is 5.05. The molecule has 0 aliphatic heterocycles. The van der Waals surface area contributed by atoms with Crippen molar-refractivity contribution in [2.45, 2.75) is 13.5 Å². The van der Waals surface area contributed by atoms with Crippen molar-refractivity contribution in [1.82, 2.24) is 9.78 Å². The van der Waals surface area contributed by atoms with Gasteiger partial charge in [0.2, 0.25) is 0 Å². The number of halogens is 2. The molecule has 0 unspecified atom stereocenters. The molecule has 1 aromatic carbocycles. The lowest BCUT2D eigenvalue weighted by molar-refractivity contribution is 0.602. The summed E-state index contributed by atoms with van der Waals surface area (Å²) in [6.45, 7) is 2.07. The third-order valence-corrected chi connectivity index (χ3v) is 2.96. The Kier molecular flexibility index (Phi) is 3.38. The average Bonchev–Trinajstić information content (AvgIpc) is 2.29. The quantitative estimate of drug-likeness (QED) is 0.853.